The second kappa shape index (κ2) is 8.10. The van der Waals surface area contributed by atoms with Crippen LogP contribution in [0.4, 0.5) is 10.8 Å². The van der Waals surface area contributed by atoms with Crippen molar-refractivity contribution >= 4 is 33.9 Å². The van der Waals surface area contributed by atoms with Crippen LogP contribution in [0.15, 0.2) is 22.5 Å². The molecule has 124 valence electrons. The van der Waals surface area contributed by atoms with Gasteiger partial charge in [-0.05, 0) is 31.0 Å². The van der Waals surface area contributed by atoms with Crippen molar-refractivity contribution in [2.45, 2.75) is 18.2 Å². The number of rotatable bonds is 6. The number of aromatic nitrogens is 2. The molecule has 0 spiro atoms. The van der Waals surface area contributed by atoms with Crippen LogP contribution in [0.5, 0.6) is 0 Å². The Labute approximate surface area is 145 Å². The summed E-state index contributed by atoms with van der Waals surface area (Å²) in [5.74, 6) is 1.04. The highest BCUT2D eigenvalue weighted by Gasteiger charge is 2.11. The number of hydrogen-bond donors (Lipinski definition) is 1. The van der Waals surface area contributed by atoms with Crippen LogP contribution in [0.25, 0.3) is 0 Å². The van der Waals surface area contributed by atoms with Gasteiger partial charge in [-0.15, -0.1) is 10.2 Å². The third-order valence-corrected chi connectivity index (χ3v) is 5.94. The largest absolute Gasteiger partial charge is 0.379 e. The molecular weight excluding hydrogens is 328 g/mol. The van der Waals surface area contributed by atoms with Gasteiger partial charge in [-0.3, -0.25) is 4.90 Å². The molecule has 1 saturated heterocycles. The average molecular weight is 351 g/mol. The predicted octanol–water partition coefficient (Wildman–Crippen LogP) is 3.32. The molecule has 1 aliphatic rings. The summed E-state index contributed by atoms with van der Waals surface area (Å²) < 4.78 is 6.38. The van der Waals surface area contributed by atoms with E-state index in [-0.39, 0.29) is 0 Å². The van der Waals surface area contributed by atoms with E-state index < -0.39 is 0 Å². The van der Waals surface area contributed by atoms with Crippen molar-refractivity contribution in [1.82, 2.24) is 15.1 Å². The van der Waals surface area contributed by atoms with Crippen molar-refractivity contribution in [3.63, 3.8) is 0 Å². The molecule has 7 heteroatoms. The number of nitrogens with zero attached hydrogens (tertiary/aromatic N) is 3. The SMILES string of the molecule is Cc1cccc(Nc2nnc(SCCN3CCOCC3)s2)c1C. The molecule has 5 nitrogen and oxygen atoms in total. The van der Waals surface area contributed by atoms with Crippen molar-refractivity contribution < 1.29 is 4.74 Å². The standard InChI is InChI=1S/C16H22N4OS2/c1-12-4-3-5-14(13(12)2)17-15-18-19-16(23-15)22-11-8-20-6-9-21-10-7-20/h3-5H,6-11H2,1-2H3,(H,17,18). The molecule has 0 aliphatic carbocycles. The zero-order valence-electron chi connectivity index (χ0n) is 13.5. The number of benzene rings is 1. The van der Waals surface area contributed by atoms with Gasteiger partial charge in [0.15, 0.2) is 4.34 Å². The van der Waals surface area contributed by atoms with Crippen LogP contribution in [0.1, 0.15) is 11.1 Å². The number of anilines is 2. The van der Waals surface area contributed by atoms with Crippen molar-refractivity contribution in [3.8, 4) is 0 Å². The highest BCUT2D eigenvalue weighted by atomic mass is 32.2. The van der Waals surface area contributed by atoms with E-state index in [2.05, 4.69) is 52.5 Å². The van der Waals surface area contributed by atoms with Crippen molar-refractivity contribution in [2.24, 2.45) is 0 Å². The summed E-state index contributed by atoms with van der Waals surface area (Å²) in [6.07, 6.45) is 0. The van der Waals surface area contributed by atoms with E-state index in [9.17, 15) is 0 Å². The monoisotopic (exact) mass is 350 g/mol. The zero-order valence-corrected chi connectivity index (χ0v) is 15.2. The highest BCUT2D eigenvalue weighted by molar-refractivity contribution is 8.01. The molecule has 1 N–H and O–H groups in total. The lowest BCUT2D eigenvalue weighted by Gasteiger charge is -2.25. The first-order chi connectivity index (χ1) is 11.2. The number of ether oxygens (including phenoxy) is 1. The Hall–Kier alpha value is -1.15. The molecule has 1 aromatic heterocycles. The fourth-order valence-electron chi connectivity index (χ4n) is 2.41. The molecule has 1 aromatic carbocycles. The third-order valence-electron chi connectivity index (χ3n) is 3.99. The van der Waals surface area contributed by atoms with Crippen LogP contribution in [0.2, 0.25) is 0 Å². The van der Waals surface area contributed by atoms with E-state index in [1.807, 2.05) is 0 Å². The quantitative estimate of drug-likeness (QED) is 0.807. The van der Waals surface area contributed by atoms with Gasteiger partial charge in [-0.2, -0.15) is 0 Å². The van der Waals surface area contributed by atoms with Crippen LogP contribution in [-0.4, -0.2) is 53.7 Å². The summed E-state index contributed by atoms with van der Waals surface area (Å²) >= 11 is 3.39. The normalized spacial score (nSPS) is 15.7. The van der Waals surface area contributed by atoms with E-state index in [4.69, 9.17) is 4.74 Å². The lowest BCUT2D eigenvalue weighted by atomic mass is 10.1. The molecule has 23 heavy (non-hydrogen) atoms. The van der Waals surface area contributed by atoms with Crippen LogP contribution in [0.3, 0.4) is 0 Å². The van der Waals surface area contributed by atoms with Crippen LogP contribution < -0.4 is 5.32 Å². The molecule has 0 unspecified atom stereocenters. The van der Waals surface area contributed by atoms with Gasteiger partial charge in [0.05, 0.1) is 13.2 Å². The molecule has 0 atom stereocenters. The van der Waals surface area contributed by atoms with Crippen LogP contribution in [0, 0.1) is 13.8 Å². The molecule has 2 aromatic rings. The van der Waals surface area contributed by atoms with Gasteiger partial charge >= 0.3 is 0 Å². The van der Waals surface area contributed by atoms with Gasteiger partial charge in [0.2, 0.25) is 5.13 Å². The molecule has 0 saturated carbocycles. The van der Waals surface area contributed by atoms with Gasteiger partial charge in [-0.25, -0.2) is 0 Å². The maximum Gasteiger partial charge on any atom is 0.210 e. The Morgan fingerprint density at radius 3 is 2.91 bits per heavy atom. The molecule has 1 fully saturated rings. The zero-order chi connectivity index (χ0) is 16.1. The van der Waals surface area contributed by atoms with Crippen molar-refractivity contribution in [3.05, 3.63) is 29.3 Å². The van der Waals surface area contributed by atoms with E-state index >= 15 is 0 Å². The minimum Gasteiger partial charge on any atom is -0.379 e. The molecule has 1 aliphatic heterocycles. The third kappa shape index (κ3) is 4.67. The second-order valence-electron chi connectivity index (χ2n) is 5.55. The maximum absolute atomic E-state index is 5.37. The van der Waals surface area contributed by atoms with Gasteiger partial charge in [0.25, 0.3) is 0 Å². The fourth-order valence-corrected chi connectivity index (χ4v) is 4.24. The maximum atomic E-state index is 5.37. The summed E-state index contributed by atoms with van der Waals surface area (Å²) in [7, 11) is 0. The highest BCUT2D eigenvalue weighted by Crippen LogP contribution is 2.29. The number of morpholine rings is 1. The molecule has 0 radical (unpaired) electrons. The lowest BCUT2D eigenvalue weighted by molar-refractivity contribution is 0.0410. The van der Waals surface area contributed by atoms with E-state index in [1.54, 1.807) is 23.1 Å². The van der Waals surface area contributed by atoms with Gasteiger partial charge < -0.3 is 10.1 Å². The van der Waals surface area contributed by atoms with Crippen LogP contribution >= 0.6 is 23.1 Å². The Morgan fingerprint density at radius 2 is 2.09 bits per heavy atom. The molecule has 0 amide bonds. The Kier molecular flexibility index (Phi) is 5.88. The summed E-state index contributed by atoms with van der Waals surface area (Å²) in [6.45, 7) is 9.10. The fraction of sp³-hybridized carbons (Fsp3) is 0.500. The van der Waals surface area contributed by atoms with E-state index in [0.29, 0.717) is 0 Å². The Bertz CT molecular complexity index is 641. The van der Waals surface area contributed by atoms with Gasteiger partial charge in [-0.1, -0.05) is 35.2 Å². The number of thioether (sulfide) groups is 1. The minimum absolute atomic E-state index is 0.854. The van der Waals surface area contributed by atoms with Crippen molar-refractivity contribution in [1.29, 1.82) is 0 Å². The average Bonchev–Trinajstić information content (AvgIpc) is 3.00. The van der Waals surface area contributed by atoms with E-state index in [0.717, 1.165) is 53.8 Å². The number of aryl methyl sites for hydroxylation is 1. The Morgan fingerprint density at radius 1 is 1.26 bits per heavy atom. The lowest BCUT2D eigenvalue weighted by Crippen LogP contribution is -2.37. The van der Waals surface area contributed by atoms with Crippen LogP contribution in [-0.2, 0) is 4.74 Å². The molecule has 0 bridgehead atoms. The summed E-state index contributed by atoms with van der Waals surface area (Å²) in [4.78, 5) is 2.44. The molecule has 2 heterocycles. The van der Waals surface area contributed by atoms with Gasteiger partial charge in [0.1, 0.15) is 0 Å². The summed E-state index contributed by atoms with van der Waals surface area (Å²) in [5.41, 5.74) is 3.63. The summed E-state index contributed by atoms with van der Waals surface area (Å²) in [5, 5.41) is 12.8. The van der Waals surface area contributed by atoms with Gasteiger partial charge in [0, 0.05) is 31.1 Å². The number of nitrogens with one attached hydrogen (secondary N) is 1. The second-order valence-corrected chi connectivity index (χ2v) is 7.87. The first-order valence-corrected chi connectivity index (χ1v) is 9.62. The van der Waals surface area contributed by atoms with Crippen molar-refractivity contribution in [2.75, 3.05) is 43.9 Å². The first-order valence-electron chi connectivity index (χ1n) is 7.82. The van der Waals surface area contributed by atoms with E-state index in [1.165, 1.54) is 11.1 Å². The topological polar surface area (TPSA) is 50.3 Å². The summed E-state index contributed by atoms with van der Waals surface area (Å²) in [6, 6.07) is 6.26. The smallest absolute Gasteiger partial charge is 0.210 e. The first kappa shape index (κ1) is 16.7. The Balaban J connectivity index is 1.50. The minimum atomic E-state index is 0.854. The predicted molar refractivity (Wildman–Crippen MR) is 97.1 cm³/mol. The number of hydrogen-bond acceptors (Lipinski definition) is 7. The molecule has 3 rings (SSSR count). The molecular formula is C16H22N4OS2.